The Bertz CT molecular complexity index is 1290. The van der Waals surface area contributed by atoms with Crippen LogP contribution in [0.5, 0.6) is 0 Å². The Morgan fingerprint density at radius 2 is 0.930 bits per heavy atom. The zero-order valence-electron chi connectivity index (χ0n) is 35.3. The van der Waals surface area contributed by atoms with Crippen LogP contribution in [0.25, 0.3) is 0 Å². The van der Waals surface area contributed by atoms with Crippen molar-refractivity contribution < 1.29 is 37.6 Å². The van der Waals surface area contributed by atoms with E-state index < -0.39 is 32.5 Å². The number of phosphoric ester groups is 1. The Hall–Kier alpha value is -3.33. The molecule has 0 bridgehead atoms. The molecule has 0 spiro atoms. The average Bonchev–Trinajstić information content (AvgIpc) is 3.20. The molecule has 0 aromatic rings. The van der Waals surface area contributed by atoms with Crippen LogP contribution in [-0.4, -0.2) is 49.3 Å². The van der Waals surface area contributed by atoms with Crippen LogP contribution in [0.4, 0.5) is 0 Å². The molecule has 0 radical (unpaired) electrons. The van der Waals surface area contributed by atoms with Crippen molar-refractivity contribution in [2.45, 2.75) is 148 Å². The van der Waals surface area contributed by atoms with E-state index in [4.69, 9.17) is 24.3 Å². The van der Waals surface area contributed by atoms with E-state index in [0.29, 0.717) is 19.3 Å². The number of carbonyl (C=O) groups excluding carboxylic acids is 2. The van der Waals surface area contributed by atoms with Crippen molar-refractivity contribution in [3.63, 3.8) is 0 Å². The van der Waals surface area contributed by atoms with Gasteiger partial charge in [0.05, 0.1) is 13.2 Å². The zero-order valence-corrected chi connectivity index (χ0v) is 36.2. The first kappa shape index (κ1) is 53.7. The van der Waals surface area contributed by atoms with Gasteiger partial charge in [0, 0.05) is 19.4 Å². The fraction of sp³-hybridized carbons (Fsp3) is 0.574. The molecule has 0 saturated heterocycles. The van der Waals surface area contributed by atoms with Crippen LogP contribution in [0.1, 0.15) is 142 Å². The first-order valence-electron chi connectivity index (χ1n) is 21.4. The van der Waals surface area contributed by atoms with Gasteiger partial charge in [0.1, 0.15) is 6.61 Å². The molecule has 0 saturated carbocycles. The molecule has 0 rings (SSSR count). The van der Waals surface area contributed by atoms with E-state index in [1.54, 1.807) is 0 Å². The van der Waals surface area contributed by atoms with Crippen LogP contribution >= 0.6 is 7.82 Å². The van der Waals surface area contributed by atoms with Crippen LogP contribution < -0.4 is 5.73 Å². The summed E-state index contributed by atoms with van der Waals surface area (Å²) in [6, 6.07) is 0. The van der Waals surface area contributed by atoms with E-state index in [-0.39, 0.29) is 32.6 Å². The number of allylic oxidation sites excluding steroid dienone is 18. The molecule has 2 atom stereocenters. The first-order chi connectivity index (χ1) is 27.8. The Balaban J connectivity index is 4.41. The molecule has 0 aromatic carbocycles. The van der Waals surface area contributed by atoms with Gasteiger partial charge in [-0.3, -0.25) is 18.6 Å². The second-order valence-electron chi connectivity index (χ2n) is 13.5. The minimum atomic E-state index is -4.42. The monoisotopic (exact) mass is 814 g/mol. The average molecular weight is 814 g/mol. The van der Waals surface area contributed by atoms with Crippen LogP contribution in [0, 0.1) is 0 Å². The predicted octanol–water partition coefficient (Wildman–Crippen LogP) is 12.4. The van der Waals surface area contributed by atoms with Gasteiger partial charge in [0.2, 0.25) is 0 Å². The lowest BCUT2D eigenvalue weighted by molar-refractivity contribution is -0.161. The van der Waals surface area contributed by atoms with Gasteiger partial charge in [-0.25, -0.2) is 4.57 Å². The van der Waals surface area contributed by atoms with E-state index in [1.807, 2.05) is 18.2 Å². The third-order valence-electron chi connectivity index (χ3n) is 8.14. The van der Waals surface area contributed by atoms with E-state index in [1.165, 1.54) is 44.9 Å². The standard InChI is InChI=1S/C47H76NO8P/c1-3-5-7-9-11-13-15-17-19-21-22-24-25-27-29-31-33-35-37-39-46(49)53-43-45(44-55-57(51,52)54-42-41-48)56-47(50)40-38-36-34-32-30-28-26-23-20-18-16-14-12-10-8-6-4-2/h11-14,17-20,22,24,26-29,32-35,45H,3-10,15-16,21,23,25,30-31,36-44,48H2,1-2H3,(H,51,52)/b13-11+,14-12+,19-17+,20-18+,24-22+,28-26+,29-27+,34-32+,35-33+/t45-/m1/s1. The molecule has 0 heterocycles. The topological polar surface area (TPSA) is 134 Å². The summed E-state index contributed by atoms with van der Waals surface area (Å²) in [7, 11) is -4.42. The van der Waals surface area contributed by atoms with Crippen molar-refractivity contribution in [1.29, 1.82) is 0 Å². The lowest BCUT2D eigenvalue weighted by atomic mass is 10.2. The van der Waals surface area contributed by atoms with Gasteiger partial charge in [-0.1, -0.05) is 149 Å². The third-order valence-corrected chi connectivity index (χ3v) is 9.13. The van der Waals surface area contributed by atoms with Crippen LogP contribution in [-0.2, 0) is 32.7 Å². The van der Waals surface area contributed by atoms with Crippen LogP contribution in [0.15, 0.2) is 109 Å². The molecule has 10 heteroatoms. The van der Waals surface area contributed by atoms with Crippen LogP contribution in [0.2, 0.25) is 0 Å². The number of rotatable bonds is 38. The molecule has 0 aliphatic heterocycles. The highest BCUT2D eigenvalue weighted by Gasteiger charge is 2.25. The lowest BCUT2D eigenvalue weighted by Gasteiger charge is -2.19. The van der Waals surface area contributed by atoms with Crippen molar-refractivity contribution in [3.05, 3.63) is 109 Å². The van der Waals surface area contributed by atoms with Crippen molar-refractivity contribution >= 4 is 19.8 Å². The highest BCUT2D eigenvalue weighted by Crippen LogP contribution is 2.43. The molecule has 57 heavy (non-hydrogen) atoms. The smallest absolute Gasteiger partial charge is 0.462 e. The highest BCUT2D eigenvalue weighted by molar-refractivity contribution is 7.47. The first-order valence-corrected chi connectivity index (χ1v) is 22.9. The fourth-order valence-corrected chi connectivity index (χ4v) is 5.73. The van der Waals surface area contributed by atoms with E-state index in [0.717, 1.165) is 51.4 Å². The summed E-state index contributed by atoms with van der Waals surface area (Å²) in [5.74, 6) is -1.00. The van der Waals surface area contributed by atoms with Gasteiger partial charge >= 0.3 is 19.8 Å². The summed E-state index contributed by atoms with van der Waals surface area (Å²) in [4.78, 5) is 34.8. The Kier molecular flexibility index (Phi) is 39.8. The number of carbonyl (C=O) groups is 2. The SMILES string of the molecule is CCCCC/C=C/C/C=C/C/C=C/C/C=C/C/C=C/CCC(=O)OC[C@H](COP(=O)(O)OCCN)OC(=O)CCC/C=C/C/C=C/C/C=C/C/C=C/CCCCC. The number of unbranched alkanes of at least 4 members (excludes halogenated alkanes) is 7. The molecule has 0 aliphatic rings. The summed E-state index contributed by atoms with van der Waals surface area (Å²) in [6.07, 6.45) is 55.7. The molecule has 0 amide bonds. The van der Waals surface area contributed by atoms with Crippen molar-refractivity contribution in [2.24, 2.45) is 5.73 Å². The molecule has 0 aromatic heterocycles. The second kappa shape index (κ2) is 42.3. The quantitative estimate of drug-likeness (QED) is 0.0270. The molecular formula is C47H76NO8P. The van der Waals surface area contributed by atoms with Crippen molar-refractivity contribution in [3.8, 4) is 0 Å². The maximum absolute atomic E-state index is 12.5. The molecule has 0 aliphatic carbocycles. The zero-order chi connectivity index (χ0) is 41.8. The Morgan fingerprint density at radius 1 is 0.526 bits per heavy atom. The lowest BCUT2D eigenvalue weighted by Crippen LogP contribution is -2.29. The van der Waals surface area contributed by atoms with Gasteiger partial charge in [-0.15, -0.1) is 0 Å². The summed E-state index contributed by atoms with van der Waals surface area (Å²) in [6.45, 7) is 3.49. The van der Waals surface area contributed by atoms with Gasteiger partial charge in [-0.2, -0.15) is 0 Å². The number of nitrogens with two attached hydrogens (primary N) is 1. The van der Waals surface area contributed by atoms with Gasteiger partial charge in [0.25, 0.3) is 0 Å². The normalized spacial score (nSPS) is 14.4. The molecular weight excluding hydrogens is 737 g/mol. The minimum Gasteiger partial charge on any atom is -0.462 e. The van der Waals surface area contributed by atoms with Gasteiger partial charge < -0.3 is 20.1 Å². The van der Waals surface area contributed by atoms with E-state index in [9.17, 15) is 19.0 Å². The molecule has 0 fully saturated rings. The molecule has 9 nitrogen and oxygen atoms in total. The molecule has 322 valence electrons. The number of phosphoric acid groups is 1. The largest absolute Gasteiger partial charge is 0.472 e. The Labute approximate surface area is 346 Å². The van der Waals surface area contributed by atoms with Gasteiger partial charge in [-0.05, 0) is 89.9 Å². The minimum absolute atomic E-state index is 0.0292. The second-order valence-corrected chi connectivity index (χ2v) is 14.9. The summed E-state index contributed by atoms with van der Waals surface area (Å²) in [5.41, 5.74) is 5.34. The van der Waals surface area contributed by atoms with E-state index in [2.05, 4.69) is 105 Å². The van der Waals surface area contributed by atoms with Gasteiger partial charge in [0.15, 0.2) is 6.10 Å². The predicted molar refractivity (Wildman–Crippen MR) is 238 cm³/mol. The summed E-state index contributed by atoms with van der Waals surface area (Å²) >= 11 is 0. The Morgan fingerprint density at radius 3 is 1.35 bits per heavy atom. The number of ether oxygens (including phenoxy) is 2. The maximum Gasteiger partial charge on any atom is 0.472 e. The summed E-state index contributed by atoms with van der Waals surface area (Å²) in [5, 5.41) is 0. The van der Waals surface area contributed by atoms with E-state index >= 15 is 0 Å². The number of hydrogen-bond donors (Lipinski definition) is 2. The molecule has 3 N–H and O–H groups in total. The number of hydrogen-bond acceptors (Lipinski definition) is 8. The van der Waals surface area contributed by atoms with Crippen LogP contribution in [0.3, 0.4) is 0 Å². The third kappa shape index (κ3) is 42.1. The molecule has 1 unspecified atom stereocenters. The fourth-order valence-electron chi connectivity index (χ4n) is 4.96. The summed E-state index contributed by atoms with van der Waals surface area (Å²) < 4.78 is 32.6. The van der Waals surface area contributed by atoms with Crippen molar-refractivity contribution in [1.82, 2.24) is 0 Å². The van der Waals surface area contributed by atoms with Crippen molar-refractivity contribution in [2.75, 3.05) is 26.4 Å². The number of esters is 2. The highest BCUT2D eigenvalue weighted by atomic mass is 31.2. The maximum atomic E-state index is 12.5.